The average molecular weight is 335 g/mol. The number of anilines is 1. The Balaban J connectivity index is 1.82. The van der Waals surface area contributed by atoms with E-state index in [1.54, 1.807) is 17.1 Å². The number of nitrogens with zero attached hydrogens (tertiary/aromatic N) is 5. The number of hydrogen-bond donors (Lipinski definition) is 0. The summed E-state index contributed by atoms with van der Waals surface area (Å²) < 4.78 is 3.68. The molecular formula is C19H21N5O. The van der Waals surface area contributed by atoms with Gasteiger partial charge in [0.2, 0.25) is 5.95 Å². The zero-order valence-electron chi connectivity index (χ0n) is 14.5. The molecule has 6 nitrogen and oxygen atoms in total. The third kappa shape index (κ3) is 2.54. The Kier molecular flexibility index (Phi) is 3.87. The summed E-state index contributed by atoms with van der Waals surface area (Å²) >= 11 is 0. The second-order valence-corrected chi connectivity index (χ2v) is 6.38. The van der Waals surface area contributed by atoms with Crippen LogP contribution in [0.2, 0.25) is 0 Å². The van der Waals surface area contributed by atoms with Crippen LogP contribution >= 0.6 is 0 Å². The van der Waals surface area contributed by atoms with Crippen LogP contribution in [0.4, 0.5) is 5.95 Å². The van der Waals surface area contributed by atoms with Gasteiger partial charge in [-0.3, -0.25) is 9.48 Å². The summed E-state index contributed by atoms with van der Waals surface area (Å²) in [4.78, 5) is 24.2. The SMILES string of the molecule is Cc1c(C2CCCN2c2ncccn2)c(=O)n(-c2ccccc2)n1C. The third-order valence-corrected chi connectivity index (χ3v) is 4.99. The standard InChI is InChI=1S/C19H21N5O/c1-14-17(16-10-6-13-23(16)19-20-11-7-12-21-19)18(25)24(22(14)2)15-8-4-3-5-9-15/h3-5,7-9,11-12,16H,6,10,13H2,1-2H3. The van der Waals surface area contributed by atoms with Gasteiger partial charge in [-0.2, -0.15) is 0 Å². The van der Waals surface area contributed by atoms with Crippen molar-refractivity contribution in [1.29, 1.82) is 0 Å². The van der Waals surface area contributed by atoms with Gasteiger partial charge in [-0.05, 0) is 38.0 Å². The lowest BCUT2D eigenvalue weighted by Gasteiger charge is -2.23. The molecule has 1 aliphatic heterocycles. The fourth-order valence-electron chi connectivity index (χ4n) is 3.72. The van der Waals surface area contributed by atoms with Gasteiger partial charge >= 0.3 is 0 Å². The summed E-state index contributed by atoms with van der Waals surface area (Å²) in [7, 11) is 1.94. The molecule has 6 heteroatoms. The van der Waals surface area contributed by atoms with E-state index in [1.165, 1.54) is 0 Å². The highest BCUT2D eigenvalue weighted by Crippen LogP contribution is 2.34. The fraction of sp³-hybridized carbons (Fsp3) is 0.316. The highest BCUT2D eigenvalue weighted by molar-refractivity contribution is 5.41. The maximum absolute atomic E-state index is 13.2. The largest absolute Gasteiger partial charge is 0.334 e. The van der Waals surface area contributed by atoms with Gasteiger partial charge in [0.25, 0.3) is 5.56 Å². The topological polar surface area (TPSA) is 56.0 Å². The van der Waals surface area contributed by atoms with Crippen LogP contribution in [0.15, 0.2) is 53.6 Å². The predicted molar refractivity (Wildman–Crippen MR) is 97.1 cm³/mol. The summed E-state index contributed by atoms with van der Waals surface area (Å²) in [5.41, 5.74) is 2.75. The van der Waals surface area contributed by atoms with Crippen LogP contribution in [0.1, 0.15) is 30.1 Å². The highest BCUT2D eigenvalue weighted by atomic mass is 16.1. The van der Waals surface area contributed by atoms with E-state index in [4.69, 9.17) is 0 Å². The van der Waals surface area contributed by atoms with Gasteiger partial charge in [-0.25, -0.2) is 14.6 Å². The van der Waals surface area contributed by atoms with E-state index in [0.29, 0.717) is 5.95 Å². The van der Waals surface area contributed by atoms with Crippen LogP contribution < -0.4 is 10.5 Å². The molecule has 128 valence electrons. The molecule has 1 saturated heterocycles. The number of benzene rings is 1. The molecule has 0 amide bonds. The Morgan fingerprint density at radius 1 is 1.08 bits per heavy atom. The molecule has 1 aromatic carbocycles. The molecule has 0 bridgehead atoms. The van der Waals surface area contributed by atoms with Gasteiger partial charge in [0.15, 0.2) is 0 Å². The molecule has 0 radical (unpaired) electrons. The molecule has 0 aliphatic carbocycles. The molecule has 1 atom stereocenters. The summed E-state index contributed by atoms with van der Waals surface area (Å²) in [5.74, 6) is 0.693. The van der Waals surface area contributed by atoms with Gasteiger partial charge in [0.05, 0.1) is 17.3 Å². The van der Waals surface area contributed by atoms with E-state index in [2.05, 4.69) is 14.9 Å². The number of hydrogen-bond acceptors (Lipinski definition) is 4. The smallest absolute Gasteiger partial charge is 0.276 e. The van der Waals surface area contributed by atoms with E-state index in [-0.39, 0.29) is 11.6 Å². The normalized spacial score (nSPS) is 17.2. The molecule has 1 aliphatic rings. The van der Waals surface area contributed by atoms with Crippen molar-refractivity contribution in [1.82, 2.24) is 19.3 Å². The van der Waals surface area contributed by atoms with Crippen LogP contribution in [0.3, 0.4) is 0 Å². The summed E-state index contributed by atoms with van der Waals surface area (Å²) in [6.07, 6.45) is 5.46. The summed E-state index contributed by atoms with van der Waals surface area (Å²) in [6.45, 7) is 2.88. The van der Waals surface area contributed by atoms with Crippen molar-refractivity contribution < 1.29 is 0 Å². The molecule has 3 heterocycles. The first-order valence-corrected chi connectivity index (χ1v) is 8.56. The molecule has 1 fully saturated rings. The Morgan fingerprint density at radius 3 is 2.52 bits per heavy atom. The number of aromatic nitrogens is 4. The minimum absolute atomic E-state index is 0.0195. The quantitative estimate of drug-likeness (QED) is 0.738. The number of para-hydroxylation sites is 1. The maximum atomic E-state index is 13.2. The summed E-state index contributed by atoms with van der Waals surface area (Å²) in [6, 6.07) is 11.6. The summed E-state index contributed by atoms with van der Waals surface area (Å²) in [5, 5.41) is 0. The molecule has 25 heavy (non-hydrogen) atoms. The minimum atomic E-state index is 0.0195. The van der Waals surface area contributed by atoms with Crippen LogP contribution in [-0.2, 0) is 7.05 Å². The van der Waals surface area contributed by atoms with E-state index in [9.17, 15) is 4.79 Å². The van der Waals surface area contributed by atoms with Crippen molar-refractivity contribution in [2.24, 2.45) is 7.05 Å². The van der Waals surface area contributed by atoms with Gasteiger partial charge in [-0.15, -0.1) is 0 Å². The molecule has 3 aromatic rings. The third-order valence-electron chi connectivity index (χ3n) is 4.99. The van der Waals surface area contributed by atoms with Crippen molar-refractivity contribution in [3.05, 3.63) is 70.4 Å². The Hall–Kier alpha value is -2.89. The molecular weight excluding hydrogens is 314 g/mol. The lowest BCUT2D eigenvalue weighted by Crippen LogP contribution is -2.29. The minimum Gasteiger partial charge on any atom is -0.334 e. The van der Waals surface area contributed by atoms with E-state index >= 15 is 0 Å². The number of rotatable bonds is 3. The molecule has 4 rings (SSSR count). The van der Waals surface area contributed by atoms with Crippen molar-refractivity contribution in [3.63, 3.8) is 0 Å². The van der Waals surface area contributed by atoms with Gasteiger partial charge in [0, 0.05) is 31.7 Å². The first-order chi connectivity index (χ1) is 12.2. The zero-order valence-corrected chi connectivity index (χ0v) is 14.5. The zero-order chi connectivity index (χ0) is 17.4. The maximum Gasteiger partial charge on any atom is 0.276 e. The fourth-order valence-corrected chi connectivity index (χ4v) is 3.72. The van der Waals surface area contributed by atoms with Crippen molar-refractivity contribution in [2.45, 2.75) is 25.8 Å². The molecule has 0 N–H and O–H groups in total. The van der Waals surface area contributed by atoms with E-state index in [0.717, 1.165) is 36.3 Å². The highest BCUT2D eigenvalue weighted by Gasteiger charge is 2.33. The molecule has 0 spiro atoms. The first kappa shape index (κ1) is 15.6. The van der Waals surface area contributed by atoms with Gasteiger partial charge in [-0.1, -0.05) is 18.2 Å². The second-order valence-electron chi connectivity index (χ2n) is 6.38. The van der Waals surface area contributed by atoms with E-state index < -0.39 is 0 Å². The van der Waals surface area contributed by atoms with Crippen LogP contribution in [0, 0.1) is 6.92 Å². The predicted octanol–water partition coefficient (Wildman–Crippen LogP) is 2.62. The van der Waals surface area contributed by atoms with Crippen molar-refractivity contribution in [3.8, 4) is 5.69 Å². The monoisotopic (exact) mass is 335 g/mol. The van der Waals surface area contributed by atoms with Crippen molar-refractivity contribution in [2.75, 3.05) is 11.4 Å². The Morgan fingerprint density at radius 2 is 1.80 bits per heavy atom. The lowest BCUT2D eigenvalue weighted by atomic mass is 10.1. The van der Waals surface area contributed by atoms with Crippen molar-refractivity contribution >= 4 is 5.95 Å². The van der Waals surface area contributed by atoms with Gasteiger partial charge in [0.1, 0.15) is 0 Å². The van der Waals surface area contributed by atoms with Crippen LogP contribution in [-0.4, -0.2) is 25.9 Å². The lowest BCUT2D eigenvalue weighted by molar-refractivity contribution is 0.629. The Bertz CT molecular complexity index is 930. The molecule has 0 saturated carbocycles. The first-order valence-electron chi connectivity index (χ1n) is 8.56. The van der Waals surface area contributed by atoms with Gasteiger partial charge < -0.3 is 4.90 Å². The van der Waals surface area contributed by atoms with Crippen LogP contribution in [0.25, 0.3) is 5.69 Å². The van der Waals surface area contributed by atoms with E-state index in [1.807, 2.05) is 55.1 Å². The van der Waals surface area contributed by atoms with Crippen LogP contribution in [0.5, 0.6) is 0 Å². The molecule has 1 unspecified atom stereocenters. The Labute approximate surface area is 146 Å². The molecule has 2 aromatic heterocycles. The second kappa shape index (κ2) is 6.20. The average Bonchev–Trinajstić information content (AvgIpc) is 3.20.